The van der Waals surface area contributed by atoms with Gasteiger partial charge in [0.25, 0.3) is 0 Å². The molecule has 17 heavy (non-hydrogen) atoms. The van der Waals surface area contributed by atoms with Crippen molar-refractivity contribution in [2.75, 3.05) is 11.4 Å². The third kappa shape index (κ3) is 2.60. The van der Waals surface area contributed by atoms with Crippen molar-refractivity contribution in [3.63, 3.8) is 0 Å². The van der Waals surface area contributed by atoms with Crippen molar-refractivity contribution in [3.05, 3.63) is 5.89 Å². The van der Waals surface area contributed by atoms with E-state index in [4.69, 9.17) is 4.42 Å². The van der Waals surface area contributed by atoms with E-state index in [1.54, 1.807) is 0 Å². The van der Waals surface area contributed by atoms with E-state index in [9.17, 15) is 0 Å². The third-order valence-corrected chi connectivity index (χ3v) is 3.46. The van der Waals surface area contributed by atoms with E-state index in [2.05, 4.69) is 41.2 Å². The molecule has 1 aromatic heterocycles. The summed E-state index contributed by atoms with van der Waals surface area (Å²) < 4.78 is 5.71. The van der Waals surface area contributed by atoms with Crippen LogP contribution in [0.2, 0.25) is 0 Å². The van der Waals surface area contributed by atoms with E-state index < -0.39 is 0 Å². The molecular weight excluding hydrogens is 216 g/mol. The van der Waals surface area contributed by atoms with Crippen LogP contribution in [0.25, 0.3) is 0 Å². The second-order valence-corrected chi connectivity index (χ2v) is 4.65. The summed E-state index contributed by atoms with van der Waals surface area (Å²) in [7, 11) is 0. The number of rotatable bonds is 5. The van der Waals surface area contributed by atoms with E-state index >= 15 is 0 Å². The van der Waals surface area contributed by atoms with Gasteiger partial charge in [0.1, 0.15) is 0 Å². The quantitative estimate of drug-likeness (QED) is 0.849. The van der Waals surface area contributed by atoms with Gasteiger partial charge in [-0.25, -0.2) is 0 Å². The molecule has 0 bridgehead atoms. The first-order valence-corrected chi connectivity index (χ1v) is 6.57. The first kappa shape index (κ1) is 12.4. The van der Waals surface area contributed by atoms with Crippen LogP contribution in [0.15, 0.2) is 4.42 Å². The molecule has 1 aliphatic rings. The Labute approximate surface area is 103 Å². The van der Waals surface area contributed by atoms with Crippen LogP contribution >= 0.6 is 0 Å². The molecule has 1 aliphatic heterocycles. The second kappa shape index (κ2) is 5.49. The Morgan fingerprint density at radius 2 is 2.18 bits per heavy atom. The van der Waals surface area contributed by atoms with E-state index in [0.29, 0.717) is 30.5 Å². The average molecular weight is 238 g/mol. The van der Waals surface area contributed by atoms with Crippen LogP contribution < -0.4 is 10.2 Å². The van der Waals surface area contributed by atoms with Crippen molar-refractivity contribution in [3.8, 4) is 0 Å². The normalized spacial score (nSPS) is 24.5. The smallest absolute Gasteiger partial charge is 0.318 e. The molecule has 0 saturated carbocycles. The first-order valence-electron chi connectivity index (χ1n) is 6.57. The molecule has 0 radical (unpaired) electrons. The zero-order valence-electron chi connectivity index (χ0n) is 10.9. The van der Waals surface area contributed by atoms with Crippen LogP contribution in [0.4, 0.5) is 6.01 Å². The van der Waals surface area contributed by atoms with Gasteiger partial charge in [0.15, 0.2) is 0 Å². The summed E-state index contributed by atoms with van der Waals surface area (Å²) in [4.78, 5) is 2.28. The van der Waals surface area contributed by atoms with Gasteiger partial charge in [0.2, 0.25) is 5.89 Å². The van der Waals surface area contributed by atoms with Gasteiger partial charge in [0.05, 0.1) is 6.54 Å². The highest BCUT2D eigenvalue weighted by molar-refractivity contribution is 5.31. The van der Waals surface area contributed by atoms with Gasteiger partial charge >= 0.3 is 6.01 Å². The zero-order chi connectivity index (χ0) is 12.3. The molecule has 96 valence electrons. The van der Waals surface area contributed by atoms with Crippen molar-refractivity contribution in [1.82, 2.24) is 15.5 Å². The molecule has 0 amide bonds. The highest BCUT2D eigenvalue weighted by atomic mass is 16.4. The molecule has 0 aromatic carbocycles. The maximum atomic E-state index is 5.71. The summed E-state index contributed by atoms with van der Waals surface area (Å²) in [6, 6.07) is 1.75. The lowest BCUT2D eigenvalue weighted by Gasteiger charge is -2.25. The molecule has 2 unspecified atom stereocenters. The van der Waals surface area contributed by atoms with Crippen molar-refractivity contribution >= 4 is 6.01 Å². The van der Waals surface area contributed by atoms with Crippen molar-refractivity contribution in [2.24, 2.45) is 0 Å². The summed E-state index contributed by atoms with van der Waals surface area (Å²) in [6.45, 7) is 8.07. The molecule has 1 saturated heterocycles. The fraction of sp³-hybridized carbons (Fsp3) is 0.833. The van der Waals surface area contributed by atoms with Gasteiger partial charge in [0, 0.05) is 12.1 Å². The molecule has 5 nitrogen and oxygen atoms in total. The Morgan fingerprint density at radius 1 is 1.35 bits per heavy atom. The van der Waals surface area contributed by atoms with Gasteiger partial charge in [-0.3, -0.25) is 0 Å². The molecular formula is C12H22N4O. The molecule has 5 heteroatoms. The molecule has 1 N–H and O–H groups in total. The van der Waals surface area contributed by atoms with Crippen LogP contribution in [0.5, 0.6) is 0 Å². The number of hydrogen-bond acceptors (Lipinski definition) is 5. The Morgan fingerprint density at radius 3 is 2.88 bits per heavy atom. The SMILES string of the molecule is CCNCc1nnc(N2C(C)CCC2CC)o1. The Hall–Kier alpha value is -1.10. The van der Waals surface area contributed by atoms with Crippen LogP contribution in [0, 0.1) is 0 Å². The van der Waals surface area contributed by atoms with E-state index in [-0.39, 0.29) is 0 Å². The molecule has 2 atom stereocenters. The van der Waals surface area contributed by atoms with Crippen LogP contribution in [0.1, 0.15) is 45.9 Å². The number of nitrogens with one attached hydrogen (secondary N) is 1. The van der Waals surface area contributed by atoms with Crippen LogP contribution in [0.3, 0.4) is 0 Å². The fourth-order valence-electron chi connectivity index (χ4n) is 2.47. The number of anilines is 1. The van der Waals surface area contributed by atoms with Crippen molar-refractivity contribution in [1.29, 1.82) is 0 Å². The molecule has 2 rings (SSSR count). The van der Waals surface area contributed by atoms with Gasteiger partial charge in [-0.2, -0.15) is 0 Å². The van der Waals surface area contributed by atoms with E-state index in [0.717, 1.165) is 13.0 Å². The van der Waals surface area contributed by atoms with Gasteiger partial charge in [-0.15, -0.1) is 5.10 Å². The maximum absolute atomic E-state index is 5.71. The van der Waals surface area contributed by atoms with Crippen molar-refractivity contribution < 1.29 is 4.42 Å². The minimum absolute atomic E-state index is 0.507. The lowest BCUT2D eigenvalue weighted by molar-refractivity contribution is 0.448. The maximum Gasteiger partial charge on any atom is 0.318 e. The van der Waals surface area contributed by atoms with E-state index in [1.165, 1.54) is 12.8 Å². The summed E-state index contributed by atoms with van der Waals surface area (Å²) in [6.07, 6.45) is 3.57. The van der Waals surface area contributed by atoms with Gasteiger partial charge < -0.3 is 14.6 Å². The van der Waals surface area contributed by atoms with Crippen LogP contribution in [-0.4, -0.2) is 28.8 Å². The van der Waals surface area contributed by atoms with Crippen molar-refractivity contribution in [2.45, 2.75) is 58.7 Å². The highest BCUT2D eigenvalue weighted by Crippen LogP contribution is 2.30. The first-order chi connectivity index (χ1) is 8.26. The fourth-order valence-corrected chi connectivity index (χ4v) is 2.47. The number of nitrogens with zero attached hydrogens (tertiary/aromatic N) is 3. The van der Waals surface area contributed by atoms with Gasteiger partial charge in [-0.05, 0) is 32.7 Å². The molecule has 0 aliphatic carbocycles. The Bertz CT molecular complexity index is 352. The topological polar surface area (TPSA) is 54.2 Å². The largest absolute Gasteiger partial charge is 0.407 e. The predicted octanol–water partition coefficient (Wildman–Crippen LogP) is 1.95. The van der Waals surface area contributed by atoms with Crippen LogP contribution in [-0.2, 0) is 6.54 Å². The molecule has 1 aromatic rings. The predicted molar refractivity (Wildman–Crippen MR) is 66.9 cm³/mol. The average Bonchev–Trinajstić information content (AvgIpc) is 2.92. The number of aromatic nitrogens is 2. The summed E-state index contributed by atoms with van der Waals surface area (Å²) in [5.41, 5.74) is 0. The van der Waals surface area contributed by atoms with Gasteiger partial charge in [-0.1, -0.05) is 18.9 Å². The zero-order valence-corrected chi connectivity index (χ0v) is 10.9. The standard InChI is InChI=1S/C12H22N4O/c1-4-10-7-6-9(3)16(10)12-15-14-11(17-12)8-13-5-2/h9-10,13H,4-8H2,1-3H3. The minimum Gasteiger partial charge on any atom is -0.407 e. The molecule has 2 heterocycles. The lowest BCUT2D eigenvalue weighted by Crippen LogP contribution is -2.34. The second-order valence-electron chi connectivity index (χ2n) is 4.65. The molecule has 0 spiro atoms. The Balaban J connectivity index is 2.07. The summed E-state index contributed by atoms with van der Waals surface area (Å²) in [5, 5.41) is 11.4. The molecule has 1 fully saturated rings. The summed E-state index contributed by atoms with van der Waals surface area (Å²) >= 11 is 0. The highest BCUT2D eigenvalue weighted by Gasteiger charge is 2.32. The van der Waals surface area contributed by atoms with E-state index in [1.807, 2.05) is 0 Å². The Kier molecular flexibility index (Phi) is 3.99. The summed E-state index contributed by atoms with van der Waals surface area (Å²) in [5.74, 6) is 0.677. The third-order valence-electron chi connectivity index (χ3n) is 3.46. The monoisotopic (exact) mass is 238 g/mol. The minimum atomic E-state index is 0.507. The lowest BCUT2D eigenvalue weighted by atomic mass is 10.2. The number of hydrogen-bond donors (Lipinski definition) is 1.